The number of benzene rings is 4. The van der Waals surface area contributed by atoms with Gasteiger partial charge in [0.1, 0.15) is 18.3 Å². The smallest absolute Gasteiger partial charge is 0.115 e. The van der Waals surface area contributed by atoms with Gasteiger partial charge in [0.15, 0.2) is 0 Å². The van der Waals surface area contributed by atoms with E-state index in [0.29, 0.717) is 19.8 Å². The summed E-state index contributed by atoms with van der Waals surface area (Å²) in [5.74, 6) is 0. The second kappa shape index (κ2) is 14.9. The zero-order valence-electron chi connectivity index (χ0n) is 23.3. The predicted molar refractivity (Wildman–Crippen MR) is 159 cm³/mol. The molecule has 208 valence electrons. The standard InChI is InChI=1S/C36H40O4/c1-2-32-34(37-25-29-17-9-4-10-18-29)36(39-27-31-21-13-6-14-22-31)35(38-26-30-19-11-5-12-20-30)33(40-32)24-23-28-15-7-3-8-16-28/h3-22,32-36H,2,23-27H2,1H3. The average molecular weight is 537 g/mol. The van der Waals surface area contributed by atoms with Crippen LogP contribution in [0.15, 0.2) is 121 Å². The van der Waals surface area contributed by atoms with E-state index in [-0.39, 0.29) is 30.5 Å². The molecule has 0 bridgehead atoms. The maximum atomic E-state index is 6.81. The Morgan fingerprint density at radius 2 is 0.850 bits per heavy atom. The van der Waals surface area contributed by atoms with Crippen molar-refractivity contribution < 1.29 is 18.9 Å². The van der Waals surface area contributed by atoms with E-state index in [9.17, 15) is 0 Å². The van der Waals surface area contributed by atoms with E-state index in [0.717, 1.165) is 36.0 Å². The highest BCUT2D eigenvalue weighted by Crippen LogP contribution is 2.33. The van der Waals surface area contributed by atoms with Crippen LogP contribution >= 0.6 is 0 Å². The molecular weight excluding hydrogens is 496 g/mol. The summed E-state index contributed by atoms with van der Waals surface area (Å²) in [7, 11) is 0. The Hall–Kier alpha value is -3.28. The molecule has 0 amide bonds. The first-order valence-electron chi connectivity index (χ1n) is 14.5. The van der Waals surface area contributed by atoms with Crippen LogP contribution in [0, 0.1) is 0 Å². The van der Waals surface area contributed by atoms with Crippen LogP contribution in [0.4, 0.5) is 0 Å². The summed E-state index contributed by atoms with van der Waals surface area (Å²) in [4.78, 5) is 0. The Kier molecular flexibility index (Phi) is 10.5. The van der Waals surface area contributed by atoms with Crippen LogP contribution in [0.2, 0.25) is 0 Å². The summed E-state index contributed by atoms with van der Waals surface area (Å²) < 4.78 is 26.9. The molecule has 4 aromatic rings. The molecule has 0 aromatic heterocycles. The molecule has 0 aliphatic carbocycles. The van der Waals surface area contributed by atoms with Crippen molar-refractivity contribution in [2.24, 2.45) is 0 Å². The van der Waals surface area contributed by atoms with Gasteiger partial charge in [0.25, 0.3) is 0 Å². The van der Waals surface area contributed by atoms with Crippen molar-refractivity contribution in [3.05, 3.63) is 144 Å². The molecular formula is C36H40O4. The van der Waals surface area contributed by atoms with E-state index in [4.69, 9.17) is 18.9 Å². The van der Waals surface area contributed by atoms with Gasteiger partial charge < -0.3 is 18.9 Å². The first-order valence-corrected chi connectivity index (χ1v) is 14.5. The number of aryl methyl sites for hydroxylation is 1. The highest BCUT2D eigenvalue weighted by atomic mass is 16.6. The first-order chi connectivity index (χ1) is 19.8. The molecule has 0 radical (unpaired) electrons. The zero-order valence-corrected chi connectivity index (χ0v) is 23.3. The fourth-order valence-corrected chi connectivity index (χ4v) is 5.40. The minimum Gasteiger partial charge on any atom is -0.369 e. The summed E-state index contributed by atoms with van der Waals surface area (Å²) in [6.07, 6.45) is 1.54. The summed E-state index contributed by atoms with van der Waals surface area (Å²) in [5.41, 5.74) is 4.69. The Morgan fingerprint density at radius 1 is 0.475 bits per heavy atom. The third kappa shape index (κ3) is 7.89. The van der Waals surface area contributed by atoms with Crippen LogP contribution < -0.4 is 0 Å². The normalized spacial score (nSPS) is 22.7. The molecule has 1 fully saturated rings. The van der Waals surface area contributed by atoms with Crippen LogP contribution in [0.5, 0.6) is 0 Å². The fourth-order valence-electron chi connectivity index (χ4n) is 5.40. The molecule has 5 rings (SSSR count). The molecule has 0 saturated carbocycles. The van der Waals surface area contributed by atoms with Crippen molar-refractivity contribution in [2.75, 3.05) is 0 Å². The van der Waals surface area contributed by atoms with Gasteiger partial charge in [-0.25, -0.2) is 0 Å². The van der Waals surface area contributed by atoms with Crippen molar-refractivity contribution >= 4 is 0 Å². The largest absolute Gasteiger partial charge is 0.369 e. The van der Waals surface area contributed by atoms with Gasteiger partial charge in [-0.2, -0.15) is 0 Å². The minimum atomic E-state index is -0.285. The molecule has 1 heterocycles. The Morgan fingerprint density at radius 3 is 1.27 bits per heavy atom. The maximum Gasteiger partial charge on any atom is 0.115 e. The number of ether oxygens (including phenoxy) is 4. The third-order valence-electron chi connectivity index (χ3n) is 7.55. The van der Waals surface area contributed by atoms with Crippen molar-refractivity contribution in [1.29, 1.82) is 0 Å². The first kappa shape index (κ1) is 28.3. The monoisotopic (exact) mass is 536 g/mol. The summed E-state index contributed by atoms with van der Waals surface area (Å²) >= 11 is 0. The maximum absolute atomic E-state index is 6.81. The van der Waals surface area contributed by atoms with Gasteiger partial charge in [-0.1, -0.05) is 128 Å². The lowest BCUT2D eigenvalue weighted by Crippen LogP contribution is -2.60. The van der Waals surface area contributed by atoms with Crippen molar-refractivity contribution in [3.8, 4) is 0 Å². The second-order valence-electron chi connectivity index (χ2n) is 10.4. The van der Waals surface area contributed by atoms with Crippen LogP contribution in [-0.2, 0) is 45.2 Å². The van der Waals surface area contributed by atoms with Gasteiger partial charge in [-0.15, -0.1) is 0 Å². The lowest BCUT2D eigenvalue weighted by molar-refractivity contribution is -0.266. The molecule has 0 spiro atoms. The van der Waals surface area contributed by atoms with Gasteiger partial charge >= 0.3 is 0 Å². The van der Waals surface area contributed by atoms with Crippen molar-refractivity contribution in [3.63, 3.8) is 0 Å². The molecule has 5 atom stereocenters. The Bertz CT molecular complexity index is 1230. The van der Waals surface area contributed by atoms with Crippen LogP contribution in [-0.4, -0.2) is 30.5 Å². The molecule has 1 saturated heterocycles. The number of hydrogen-bond acceptors (Lipinski definition) is 4. The molecule has 4 heteroatoms. The number of rotatable bonds is 13. The molecule has 40 heavy (non-hydrogen) atoms. The minimum absolute atomic E-state index is 0.0955. The van der Waals surface area contributed by atoms with Gasteiger partial charge in [-0.05, 0) is 41.5 Å². The van der Waals surface area contributed by atoms with E-state index >= 15 is 0 Å². The van der Waals surface area contributed by atoms with E-state index in [1.165, 1.54) is 5.56 Å². The van der Waals surface area contributed by atoms with Gasteiger partial charge in [-0.3, -0.25) is 0 Å². The Balaban J connectivity index is 1.41. The second-order valence-corrected chi connectivity index (χ2v) is 10.4. The lowest BCUT2D eigenvalue weighted by atomic mass is 9.90. The molecule has 4 nitrogen and oxygen atoms in total. The van der Waals surface area contributed by atoms with E-state index in [1.54, 1.807) is 0 Å². The zero-order chi connectivity index (χ0) is 27.4. The third-order valence-corrected chi connectivity index (χ3v) is 7.55. The topological polar surface area (TPSA) is 36.9 Å². The van der Waals surface area contributed by atoms with E-state index in [1.807, 2.05) is 54.6 Å². The van der Waals surface area contributed by atoms with Crippen molar-refractivity contribution in [1.82, 2.24) is 0 Å². The van der Waals surface area contributed by atoms with Crippen molar-refractivity contribution in [2.45, 2.75) is 76.5 Å². The highest BCUT2D eigenvalue weighted by molar-refractivity contribution is 5.17. The SMILES string of the molecule is CCC1OC(CCc2ccccc2)C(OCc2ccccc2)C(OCc2ccccc2)C1OCc1ccccc1. The molecule has 1 aliphatic rings. The highest BCUT2D eigenvalue weighted by Gasteiger charge is 2.47. The Labute approximate surface area is 238 Å². The molecule has 0 N–H and O–H groups in total. The summed E-state index contributed by atoms with van der Waals surface area (Å²) in [6.45, 7) is 3.64. The number of hydrogen-bond donors (Lipinski definition) is 0. The summed E-state index contributed by atoms with van der Waals surface area (Å²) in [6, 6.07) is 41.5. The fraction of sp³-hybridized carbons (Fsp3) is 0.333. The van der Waals surface area contributed by atoms with E-state index in [2.05, 4.69) is 73.7 Å². The molecule has 4 aromatic carbocycles. The van der Waals surface area contributed by atoms with Crippen LogP contribution in [0.3, 0.4) is 0 Å². The predicted octanol–water partition coefficient (Wildman–Crippen LogP) is 7.55. The lowest BCUT2D eigenvalue weighted by Gasteiger charge is -2.46. The van der Waals surface area contributed by atoms with Gasteiger partial charge in [0.2, 0.25) is 0 Å². The van der Waals surface area contributed by atoms with Gasteiger partial charge in [0, 0.05) is 0 Å². The van der Waals surface area contributed by atoms with Crippen LogP contribution in [0.25, 0.3) is 0 Å². The van der Waals surface area contributed by atoms with Crippen LogP contribution in [0.1, 0.15) is 42.0 Å². The molecule has 1 aliphatic heterocycles. The average Bonchev–Trinajstić information content (AvgIpc) is 3.03. The van der Waals surface area contributed by atoms with Gasteiger partial charge in [0.05, 0.1) is 32.0 Å². The van der Waals surface area contributed by atoms with E-state index < -0.39 is 0 Å². The molecule has 5 unspecified atom stereocenters. The quantitative estimate of drug-likeness (QED) is 0.177. The summed E-state index contributed by atoms with van der Waals surface area (Å²) in [5, 5.41) is 0.